The van der Waals surface area contributed by atoms with Crippen molar-refractivity contribution in [2.75, 3.05) is 6.54 Å². The van der Waals surface area contributed by atoms with E-state index in [-0.39, 0.29) is 11.4 Å². The zero-order chi connectivity index (χ0) is 14.4. The molecule has 6 heteroatoms. The Hall–Kier alpha value is -1.11. The van der Waals surface area contributed by atoms with Crippen molar-refractivity contribution in [3.05, 3.63) is 45.9 Å². The summed E-state index contributed by atoms with van der Waals surface area (Å²) in [6.45, 7) is 0.781. The summed E-state index contributed by atoms with van der Waals surface area (Å²) in [5.41, 5.74) is 6.74. The van der Waals surface area contributed by atoms with E-state index in [0.717, 1.165) is 23.0 Å². The molecule has 1 aromatic rings. The molecule has 1 amide bonds. The van der Waals surface area contributed by atoms with Crippen molar-refractivity contribution in [1.82, 2.24) is 4.90 Å². The zero-order valence-corrected chi connectivity index (χ0v) is 13.3. The number of rotatable bonds is 5. The Morgan fingerprint density at radius 1 is 1.55 bits per heavy atom. The van der Waals surface area contributed by atoms with Crippen molar-refractivity contribution in [3.63, 3.8) is 0 Å². The summed E-state index contributed by atoms with van der Waals surface area (Å²) in [4.78, 5) is 17.7. The molecular weight excluding hydrogens is 338 g/mol. The molecule has 2 rings (SSSR count). The molecule has 1 aliphatic heterocycles. The number of nitrogens with zero attached hydrogens (tertiary/aromatic N) is 2. The molecule has 1 heterocycles. The Kier molecular flexibility index (Phi) is 5.82. The monoisotopic (exact) mass is 353 g/mol. The van der Waals surface area contributed by atoms with E-state index in [1.54, 1.807) is 18.0 Å². The minimum absolute atomic E-state index is 0.0183. The average molecular weight is 354 g/mol. The zero-order valence-electron chi connectivity index (χ0n) is 10.9. The predicted octanol–water partition coefficient (Wildman–Crippen LogP) is 2.94. The third-order valence-corrected chi connectivity index (χ3v) is 4.13. The largest absolute Gasteiger partial charge is 0.353 e. The number of thioether (sulfide) groups is 1. The maximum absolute atomic E-state index is 11.7. The van der Waals surface area contributed by atoms with E-state index >= 15 is 0 Å². The van der Waals surface area contributed by atoms with Gasteiger partial charge in [-0.3, -0.25) is 4.79 Å². The summed E-state index contributed by atoms with van der Waals surface area (Å²) < 4.78 is 0.973. The summed E-state index contributed by atoms with van der Waals surface area (Å²) in [6, 6.07) is 7.67. The third kappa shape index (κ3) is 4.77. The highest BCUT2D eigenvalue weighted by atomic mass is 79.9. The Balaban J connectivity index is 1.74. The van der Waals surface area contributed by atoms with Crippen LogP contribution >= 0.6 is 27.7 Å². The number of nitrogens with two attached hydrogens (primary N) is 1. The molecule has 0 spiro atoms. The fourth-order valence-corrected chi connectivity index (χ4v) is 2.91. The summed E-state index contributed by atoms with van der Waals surface area (Å²) >= 11 is 4.96. The maximum Gasteiger partial charge on any atom is 0.245 e. The predicted molar refractivity (Wildman–Crippen MR) is 87.4 cm³/mol. The number of hydrogen-bond acceptors (Lipinski definition) is 4. The second-order valence-corrected chi connectivity index (χ2v) is 6.30. The van der Waals surface area contributed by atoms with Crippen LogP contribution in [0.25, 0.3) is 0 Å². The van der Waals surface area contributed by atoms with Crippen LogP contribution in [-0.4, -0.2) is 29.1 Å². The minimum atomic E-state index is -0.102. The molecule has 0 saturated heterocycles. The molecule has 1 aliphatic rings. The smallest absolute Gasteiger partial charge is 0.245 e. The number of halogens is 1. The standard InChI is InChI=1S/C14H16BrN3OS/c15-12-4-1-3-11(9-12)10-17-13(19)5-2-6-18-7-8-20-14(18)16/h1,3-4,7-10,14H,2,5-6,16H2. The van der Waals surface area contributed by atoms with Gasteiger partial charge in [-0.05, 0) is 29.5 Å². The van der Waals surface area contributed by atoms with Crippen LogP contribution < -0.4 is 5.73 Å². The normalized spacial score (nSPS) is 18.1. The van der Waals surface area contributed by atoms with E-state index < -0.39 is 0 Å². The van der Waals surface area contributed by atoms with Gasteiger partial charge in [0.1, 0.15) is 5.50 Å². The van der Waals surface area contributed by atoms with Crippen LogP contribution in [0.2, 0.25) is 0 Å². The van der Waals surface area contributed by atoms with Crippen molar-refractivity contribution in [1.29, 1.82) is 0 Å². The number of carbonyl (C=O) groups is 1. The van der Waals surface area contributed by atoms with Crippen LogP contribution in [0.1, 0.15) is 18.4 Å². The van der Waals surface area contributed by atoms with Crippen molar-refractivity contribution in [2.24, 2.45) is 10.7 Å². The maximum atomic E-state index is 11.7. The van der Waals surface area contributed by atoms with Gasteiger partial charge in [0.2, 0.25) is 5.91 Å². The van der Waals surface area contributed by atoms with Gasteiger partial charge in [0.25, 0.3) is 0 Å². The van der Waals surface area contributed by atoms with Crippen molar-refractivity contribution in [2.45, 2.75) is 18.3 Å². The van der Waals surface area contributed by atoms with Gasteiger partial charge in [-0.2, -0.15) is 0 Å². The molecule has 0 fully saturated rings. The Labute approximate surface area is 131 Å². The highest BCUT2D eigenvalue weighted by molar-refractivity contribution is 9.10. The Morgan fingerprint density at radius 2 is 2.40 bits per heavy atom. The van der Waals surface area contributed by atoms with Gasteiger partial charge in [-0.15, -0.1) is 0 Å². The molecule has 20 heavy (non-hydrogen) atoms. The topological polar surface area (TPSA) is 58.7 Å². The molecule has 0 radical (unpaired) electrons. The number of benzene rings is 1. The van der Waals surface area contributed by atoms with Crippen LogP contribution in [-0.2, 0) is 4.79 Å². The molecular formula is C14H16BrN3OS. The van der Waals surface area contributed by atoms with E-state index in [4.69, 9.17) is 5.73 Å². The molecule has 0 bridgehead atoms. The fraction of sp³-hybridized carbons (Fsp3) is 0.286. The number of aliphatic imine (C=N–C) groups is 1. The lowest BCUT2D eigenvalue weighted by Gasteiger charge is -2.20. The molecule has 4 nitrogen and oxygen atoms in total. The average Bonchev–Trinajstić information content (AvgIpc) is 2.82. The first kappa shape index (κ1) is 15.3. The molecule has 1 unspecified atom stereocenters. The third-order valence-electron chi connectivity index (χ3n) is 2.81. The molecule has 0 aromatic heterocycles. The Morgan fingerprint density at radius 3 is 3.10 bits per heavy atom. The van der Waals surface area contributed by atoms with Crippen LogP contribution in [0, 0.1) is 0 Å². The SMILES string of the molecule is NC1SC=CN1CCCC(=O)N=Cc1cccc(Br)c1. The second kappa shape index (κ2) is 7.61. The quantitative estimate of drug-likeness (QED) is 0.826. The number of amides is 1. The van der Waals surface area contributed by atoms with E-state index in [9.17, 15) is 4.79 Å². The van der Waals surface area contributed by atoms with Gasteiger partial charge in [0, 0.05) is 29.9 Å². The first-order valence-electron chi connectivity index (χ1n) is 6.31. The van der Waals surface area contributed by atoms with Crippen molar-refractivity contribution < 1.29 is 4.79 Å². The molecule has 0 aliphatic carbocycles. The lowest BCUT2D eigenvalue weighted by molar-refractivity contribution is -0.117. The number of carbonyl (C=O) groups excluding carboxylic acids is 1. The van der Waals surface area contributed by atoms with Crippen LogP contribution in [0.3, 0.4) is 0 Å². The van der Waals surface area contributed by atoms with Crippen LogP contribution in [0.4, 0.5) is 0 Å². The Bertz CT molecular complexity index is 533. The lowest BCUT2D eigenvalue weighted by Crippen LogP contribution is -2.33. The van der Waals surface area contributed by atoms with Gasteiger partial charge in [0.05, 0.1) is 0 Å². The molecule has 1 aromatic carbocycles. The summed E-state index contributed by atoms with van der Waals surface area (Å²) in [5.74, 6) is -0.102. The van der Waals surface area contributed by atoms with Gasteiger partial charge in [-0.25, -0.2) is 4.99 Å². The molecule has 106 valence electrons. The first-order valence-corrected chi connectivity index (χ1v) is 8.05. The highest BCUT2D eigenvalue weighted by Gasteiger charge is 2.14. The van der Waals surface area contributed by atoms with E-state index in [1.807, 2.05) is 40.8 Å². The van der Waals surface area contributed by atoms with Crippen molar-refractivity contribution in [3.8, 4) is 0 Å². The lowest BCUT2D eigenvalue weighted by atomic mass is 10.2. The highest BCUT2D eigenvalue weighted by Crippen LogP contribution is 2.20. The summed E-state index contributed by atoms with van der Waals surface area (Å²) in [7, 11) is 0. The van der Waals surface area contributed by atoms with Gasteiger partial charge < -0.3 is 10.6 Å². The van der Waals surface area contributed by atoms with Gasteiger partial charge in [0.15, 0.2) is 0 Å². The van der Waals surface area contributed by atoms with Crippen LogP contribution in [0.15, 0.2) is 45.3 Å². The summed E-state index contributed by atoms with van der Waals surface area (Å²) in [6.07, 6.45) is 4.76. The van der Waals surface area contributed by atoms with Crippen LogP contribution in [0.5, 0.6) is 0 Å². The van der Waals surface area contributed by atoms with Crippen molar-refractivity contribution >= 4 is 39.8 Å². The number of hydrogen-bond donors (Lipinski definition) is 1. The van der Waals surface area contributed by atoms with E-state index in [1.165, 1.54) is 0 Å². The molecule has 0 saturated carbocycles. The van der Waals surface area contributed by atoms with Gasteiger partial charge >= 0.3 is 0 Å². The van der Waals surface area contributed by atoms with E-state index in [2.05, 4.69) is 20.9 Å². The second-order valence-electron chi connectivity index (χ2n) is 4.36. The fourth-order valence-electron chi connectivity index (χ4n) is 1.77. The van der Waals surface area contributed by atoms with E-state index in [0.29, 0.717) is 6.42 Å². The minimum Gasteiger partial charge on any atom is -0.353 e. The summed E-state index contributed by atoms with van der Waals surface area (Å²) in [5, 5.41) is 1.97. The van der Waals surface area contributed by atoms with Gasteiger partial charge in [-0.1, -0.05) is 39.8 Å². The molecule has 2 N–H and O–H groups in total. The molecule has 1 atom stereocenters. The first-order chi connectivity index (χ1) is 9.65.